The lowest BCUT2D eigenvalue weighted by Crippen LogP contribution is -2.13. The summed E-state index contributed by atoms with van der Waals surface area (Å²) < 4.78 is 0. The number of rotatable bonds is 5. The molecule has 0 bridgehead atoms. The SMILES string of the molecule is O=C(Nc1cccc(NC(O)c2ccc3[nH]c4c(c3c2)CCCC4)c1)c1ccccc1. The van der Waals surface area contributed by atoms with Gasteiger partial charge in [-0.1, -0.05) is 30.3 Å². The van der Waals surface area contributed by atoms with Crippen LogP contribution in [0.3, 0.4) is 0 Å². The maximum Gasteiger partial charge on any atom is 0.255 e. The molecule has 1 amide bonds. The summed E-state index contributed by atoms with van der Waals surface area (Å²) in [5.41, 5.74) is 6.68. The molecule has 156 valence electrons. The molecule has 1 aliphatic rings. The molecule has 1 aromatic heterocycles. The van der Waals surface area contributed by atoms with Crippen LogP contribution in [0.1, 0.15) is 46.2 Å². The minimum atomic E-state index is -0.849. The van der Waals surface area contributed by atoms with E-state index in [1.54, 1.807) is 12.1 Å². The van der Waals surface area contributed by atoms with Crippen molar-refractivity contribution in [3.63, 3.8) is 0 Å². The van der Waals surface area contributed by atoms with Gasteiger partial charge in [-0.3, -0.25) is 4.79 Å². The zero-order valence-corrected chi connectivity index (χ0v) is 17.2. The minimum absolute atomic E-state index is 0.166. The van der Waals surface area contributed by atoms with E-state index in [4.69, 9.17) is 0 Å². The monoisotopic (exact) mass is 411 g/mol. The molecule has 0 radical (unpaired) electrons. The second-order valence-electron chi connectivity index (χ2n) is 8.04. The van der Waals surface area contributed by atoms with E-state index in [-0.39, 0.29) is 5.91 Å². The summed E-state index contributed by atoms with van der Waals surface area (Å²) >= 11 is 0. The molecule has 5 nitrogen and oxygen atoms in total. The number of aromatic nitrogens is 1. The van der Waals surface area contributed by atoms with Crippen molar-refractivity contribution in [3.05, 3.63) is 95.2 Å². The zero-order chi connectivity index (χ0) is 21.2. The van der Waals surface area contributed by atoms with E-state index in [0.717, 1.165) is 29.6 Å². The Morgan fingerprint density at radius 3 is 2.58 bits per heavy atom. The average Bonchev–Trinajstić information content (AvgIpc) is 3.18. The number of hydrogen-bond acceptors (Lipinski definition) is 3. The predicted molar refractivity (Wildman–Crippen MR) is 124 cm³/mol. The highest BCUT2D eigenvalue weighted by Gasteiger charge is 2.17. The molecule has 3 aromatic carbocycles. The van der Waals surface area contributed by atoms with Crippen LogP contribution in [0.25, 0.3) is 10.9 Å². The Hall–Kier alpha value is -3.57. The number of carbonyl (C=O) groups is 1. The van der Waals surface area contributed by atoms with Crippen molar-refractivity contribution in [3.8, 4) is 0 Å². The van der Waals surface area contributed by atoms with Gasteiger partial charge in [0.05, 0.1) is 0 Å². The normalized spacial score (nSPS) is 14.1. The Labute approximate surface area is 181 Å². The molecule has 31 heavy (non-hydrogen) atoms. The molecule has 4 aromatic rings. The van der Waals surface area contributed by atoms with Crippen LogP contribution < -0.4 is 10.6 Å². The summed E-state index contributed by atoms with van der Waals surface area (Å²) in [6, 6.07) is 22.5. The highest BCUT2D eigenvalue weighted by atomic mass is 16.3. The van der Waals surface area contributed by atoms with E-state index in [1.165, 1.54) is 29.5 Å². The maximum absolute atomic E-state index is 12.4. The average molecular weight is 412 g/mol. The number of aromatic amines is 1. The number of H-pyrrole nitrogens is 1. The van der Waals surface area contributed by atoms with Crippen LogP contribution in [0.4, 0.5) is 11.4 Å². The fourth-order valence-corrected chi connectivity index (χ4v) is 4.31. The van der Waals surface area contributed by atoms with Crippen LogP contribution >= 0.6 is 0 Å². The molecule has 0 saturated carbocycles. The first-order chi connectivity index (χ1) is 15.2. The van der Waals surface area contributed by atoms with Crippen molar-refractivity contribution >= 4 is 28.2 Å². The molecule has 1 heterocycles. The summed E-state index contributed by atoms with van der Waals surface area (Å²) in [6.45, 7) is 0. The van der Waals surface area contributed by atoms with Crippen LogP contribution in [-0.2, 0) is 12.8 Å². The first kappa shape index (κ1) is 19.4. The Balaban J connectivity index is 1.33. The number of carbonyl (C=O) groups excluding carboxylic acids is 1. The van der Waals surface area contributed by atoms with E-state index in [1.807, 2.05) is 54.6 Å². The van der Waals surface area contributed by atoms with Gasteiger partial charge in [0.15, 0.2) is 6.23 Å². The van der Waals surface area contributed by atoms with Crippen LogP contribution in [0.2, 0.25) is 0 Å². The third kappa shape index (κ3) is 4.05. The summed E-state index contributed by atoms with van der Waals surface area (Å²) in [4.78, 5) is 15.9. The minimum Gasteiger partial charge on any atom is -0.369 e. The van der Waals surface area contributed by atoms with Gasteiger partial charge in [-0.25, -0.2) is 0 Å². The number of fused-ring (bicyclic) bond motifs is 3. The fraction of sp³-hybridized carbons (Fsp3) is 0.192. The number of aliphatic hydroxyl groups is 1. The molecule has 0 aliphatic heterocycles. The van der Waals surface area contributed by atoms with Gasteiger partial charge in [0.25, 0.3) is 5.91 Å². The second kappa shape index (κ2) is 8.28. The topological polar surface area (TPSA) is 77.2 Å². The summed E-state index contributed by atoms with van der Waals surface area (Å²) in [6.07, 6.45) is 3.78. The van der Waals surface area contributed by atoms with Gasteiger partial charge in [-0.2, -0.15) is 0 Å². The van der Waals surface area contributed by atoms with Crippen molar-refractivity contribution in [2.75, 3.05) is 10.6 Å². The lowest BCUT2D eigenvalue weighted by molar-refractivity contribution is 0.102. The van der Waals surface area contributed by atoms with E-state index < -0.39 is 6.23 Å². The quantitative estimate of drug-likeness (QED) is 0.332. The predicted octanol–water partition coefficient (Wildman–Crippen LogP) is 5.40. The molecular formula is C26H25N3O2. The second-order valence-corrected chi connectivity index (χ2v) is 8.04. The molecule has 5 heteroatoms. The highest BCUT2D eigenvalue weighted by molar-refractivity contribution is 6.04. The van der Waals surface area contributed by atoms with Crippen molar-refractivity contribution < 1.29 is 9.90 Å². The molecule has 1 atom stereocenters. The fourth-order valence-electron chi connectivity index (χ4n) is 4.31. The molecule has 5 rings (SSSR count). The molecule has 0 fully saturated rings. The first-order valence-electron chi connectivity index (χ1n) is 10.7. The van der Waals surface area contributed by atoms with E-state index in [9.17, 15) is 9.90 Å². The van der Waals surface area contributed by atoms with Crippen molar-refractivity contribution in [1.29, 1.82) is 0 Å². The number of amides is 1. The van der Waals surface area contributed by atoms with Gasteiger partial charge in [-0.15, -0.1) is 0 Å². The lowest BCUT2D eigenvalue weighted by atomic mass is 9.95. The van der Waals surface area contributed by atoms with Crippen molar-refractivity contribution in [2.24, 2.45) is 0 Å². The van der Waals surface area contributed by atoms with Crippen LogP contribution in [0.5, 0.6) is 0 Å². The van der Waals surface area contributed by atoms with Crippen LogP contribution in [-0.4, -0.2) is 16.0 Å². The first-order valence-corrected chi connectivity index (χ1v) is 10.7. The van der Waals surface area contributed by atoms with Gasteiger partial charge < -0.3 is 20.7 Å². The number of benzene rings is 3. The number of aryl methyl sites for hydroxylation is 2. The van der Waals surface area contributed by atoms with Crippen LogP contribution in [0, 0.1) is 0 Å². The van der Waals surface area contributed by atoms with Gasteiger partial charge in [0.2, 0.25) is 0 Å². The largest absolute Gasteiger partial charge is 0.369 e. The standard InChI is InChI=1S/C26H25N3O2/c30-25(17-7-2-1-3-8-17)27-19-9-6-10-20(16-19)28-26(31)18-13-14-24-22(15-18)21-11-4-5-12-23(21)29-24/h1-3,6-10,13-16,26,28-29,31H,4-5,11-12H2,(H,27,30). The Morgan fingerprint density at radius 1 is 0.903 bits per heavy atom. The third-order valence-electron chi connectivity index (χ3n) is 5.90. The molecule has 4 N–H and O–H groups in total. The van der Waals surface area contributed by atoms with Crippen molar-refractivity contribution in [1.82, 2.24) is 4.98 Å². The molecular weight excluding hydrogens is 386 g/mol. The van der Waals surface area contributed by atoms with Gasteiger partial charge in [-0.05, 0) is 73.7 Å². The highest BCUT2D eigenvalue weighted by Crippen LogP contribution is 2.31. The molecule has 1 unspecified atom stereocenters. The van der Waals surface area contributed by atoms with Crippen LogP contribution in [0.15, 0.2) is 72.8 Å². The zero-order valence-electron chi connectivity index (χ0n) is 17.2. The Bertz CT molecular complexity index is 1230. The summed E-state index contributed by atoms with van der Waals surface area (Å²) in [5.74, 6) is -0.166. The molecule has 1 aliphatic carbocycles. The van der Waals surface area contributed by atoms with Gasteiger partial charge in [0.1, 0.15) is 0 Å². The van der Waals surface area contributed by atoms with E-state index >= 15 is 0 Å². The number of aliphatic hydroxyl groups excluding tert-OH is 1. The maximum atomic E-state index is 12.4. The lowest BCUT2D eigenvalue weighted by Gasteiger charge is -2.16. The van der Waals surface area contributed by atoms with Gasteiger partial charge >= 0.3 is 0 Å². The summed E-state index contributed by atoms with van der Waals surface area (Å²) in [5, 5.41) is 18.1. The van der Waals surface area contributed by atoms with E-state index in [0.29, 0.717) is 11.3 Å². The Kier molecular flexibility index (Phi) is 5.18. The number of nitrogens with one attached hydrogen (secondary N) is 3. The van der Waals surface area contributed by atoms with E-state index in [2.05, 4.69) is 21.7 Å². The van der Waals surface area contributed by atoms with Gasteiger partial charge in [0, 0.05) is 39.1 Å². The smallest absolute Gasteiger partial charge is 0.255 e. The number of anilines is 2. The molecule has 0 saturated heterocycles. The van der Waals surface area contributed by atoms with Crippen molar-refractivity contribution in [2.45, 2.75) is 31.9 Å². The summed E-state index contributed by atoms with van der Waals surface area (Å²) in [7, 11) is 0. The molecule has 0 spiro atoms. The Morgan fingerprint density at radius 2 is 1.71 bits per heavy atom. The third-order valence-corrected chi connectivity index (χ3v) is 5.90. The number of hydrogen-bond donors (Lipinski definition) is 4.